The largest absolute Gasteiger partial charge is 0.423 e. The number of ether oxygens (including phenoxy) is 1. The van der Waals surface area contributed by atoms with Crippen LogP contribution in [0.4, 0.5) is 10.1 Å². The van der Waals surface area contributed by atoms with E-state index in [4.69, 9.17) is 4.74 Å². The molecule has 25 heavy (non-hydrogen) atoms. The third-order valence-electron chi connectivity index (χ3n) is 3.36. The number of carbonyl (C=O) groups is 1. The zero-order valence-electron chi connectivity index (χ0n) is 13.0. The average molecular weight is 398 g/mol. The van der Waals surface area contributed by atoms with Gasteiger partial charge in [-0.2, -0.15) is 0 Å². The molecule has 3 aromatic carbocycles. The first-order valence-corrected chi connectivity index (χ1v) is 8.27. The lowest BCUT2D eigenvalue weighted by Gasteiger charge is -2.04. The topological polar surface area (TPSA) is 38.7 Å². The van der Waals surface area contributed by atoms with Crippen molar-refractivity contribution in [3.63, 3.8) is 0 Å². The fraction of sp³-hybridized carbons (Fsp3) is 0. The van der Waals surface area contributed by atoms with E-state index in [9.17, 15) is 9.18 Å². The van der Waals surface area contributed by atoms with E-state index in [1.54, 1.807) is 66.9 Å². The molecule has 0 fully saturated rings. The van der Waals surface area contributed by atoms with Gasteiger partial charge in [-0.3, -0.25) is 4.99 Å². The van der Waals surface area contributed by atoms with Gasteiger partial charge in [0.2, 0.25) is 0 Å². The summed E-state index contributed by atoms with van der Waals surface area (Å²) in [5.74, 6) is -0.261. The van der Waals surface area contributed by atoms with Gasteiger partial charge in [0.25, 0.3) is 0 Å². The van der Waals surface area contributed by atoms with Crippen LogP contribution in [0.1, 0.15) is 15.9 Å². The van der Waals surface area contributed by atoms with E-state index in [0.717, 1.165) is 10.0 Å². The number of halogens is 2. The molecule has 3 rings (SSSR count). The lowest BCUT2D eigenvalue weighted by atomic mass is 10.2. The summed E-state index contributed by atoms with van der Waals surface area (Å²) in [5, 5.41) is 0. The van der Waals surface area contributed by atoms with Crippen LogP contribution in [0.3, 0.4) is 0 Å². The van der Waals surface area contributed by atoms with Crippen LogP contribution in [0.25, 0.3) is 0 Å². The van der Waals surface area contributed by atoms with Crippen LogP contribution in [0, 0.1) is 5.82 Å². The predicted octanol–water partition coefficient (Wildman–Crippen LogP) is 5.56. The Morgan fingerprint density at radius 1 is 0.920 bits per heavy atom. The number of hydrogen-bond donors (Lipinski definition) is 0. The zero-order valence-corrected chi connectivity index (χ0v) is 14.6. The van der Waals surface area contributed by atoms with Crippen LogP contribution < -0.4 is 4.74 Å². The van der Waals surface area contributed by atoms with E-state index < -0.39 is 5.97 Å². The second-order valence-electron chi connectivity index (χ2n) is 5.20. The molecule has 5 heteroatoms. The molecule has 0 saturated carbocycles. The molecule has 0 atom stereocenters. The molecule has 0 aliphatic rings. The number of benzene rings is 3. The minimum atomic E-state index is -0.416. The van der Waals surface area contributed by atoms with Gasteiger partial charge in [-0.15, -0.1) is 0 Å². The molecular weight excluding hydrogens is 385 g/mol. The molecule has 0 bridgehead atoms. The normalized spacial score (nSPS) is 10.8. The zero-order chi connectivity index (χ0) is 17.6. The van der Waals surface area contributed by atoms with E-state index >= 15 is 0 Å². The van der Waals surface area contributed by atoms with Gasteiger partial charge in [0, 0.05) is 10.7 Å². The van der Waals surface area contributed by atoms with Crippen LogP contribution in [-0.4, -0.2) is 12.2 Å². The molecule has 124 valence electrons. The van der Waals surface area contributed by atoms with Crippen molar-refractivity contribution in [2.75, 3.05) is 0 Å². The van der Waals surface area contributed by atoms with Crippen LogP contribution in [0.5, 0.6) is 5.75 Å². The van der Waals surface area contributed by atoms with Gasteiger partial charge in [-0.25, -0.2) is 9.18 Å². The summed E-state index contributed by atoms with van der Waals surface area (Å²) < 4.78 is 19.1. The van der Waals surface area contributed by atoms with Gasteiger partial charge in [0.15, 0.2) is 0 Å². The highest BCUT2D eigenvalue weighted by Gasteiger charge is 2.08. The summed E-state index contributed by atoms with van der Waals surface area (Å²) >= 11 is 3.32. The Labute approximate surface area is 152 Å². The number of rotatable bonds is 4. The van der Waals surface area contributed by atoms with Crippen LogP contribution >= 0.6 is 15.9 Å². The Morgan fingerprint density at radius 2 is 1.56 bits per heavy atom. The third kappa shape index (κ3) is 4.84. The monoisotopic (exact) mass is 397 g/mol. The van der Waals surface area contributed by atoms with Gasteiger partial charge in [0.1, 0.15) is 11.6 Å². The Balaban J connectivity index is 1.64. The highest BCUT2D eigenvalue weighted by Crippen LogP contribution is 2.17. The van der Waals surface area contributed by atoms with E-state index in [-0.39, 0.29) is 5.82 Å². The van der Waals surface area contributed by atoms with Crippen molar-refractivity contribution < 1.29 is 13.9 Å². The third-order valence-corrected chi connectivity index (χ3v) is 3.89. The van der Waals surface area contributed by atoms with E-state index in [1.807, 2.05) is 0 Å². The number of aliphatic imine (C=N–C) groups is 1. The predicted molar refractivity (Wildman–Crippen MR) is 99.2 cm³/mol. The highest BCUT2D eigenvalue weighted by molar-refractivity contribution is 9.10. The SMILES string of the molecule is O=C(Oc1ccc(C=Nc2ccc(F)cc2)cc1)c1ccc(Br)cc1. The maximum absolute atomic E-state index is 12.8. The molecule has 0 aromatic heterocycles. The Bertz CT molecular complexity index is 888. The van der Waals surface area contributed by atoms with Crippen molar-refractivity contribution in [3.05, 3.63) is 94.2 Å². The molecule has 0 aliphatic heterocycles. The lowest BCUT2D eigenvalue weighted by Crippen LogP contribution is -2.08. The molecule has 0 unspecified atom stereocenters. The summed E-state index contributed by atoms with van der Waals surface area (Å²) in [5.41, 5.74) is 1.98. The first-order chi connectivity index (χ1) is 12.1. The summed E-state index contributed by atoms with van der Waals surface area (Å²) in [7, 11) is 0. The van der Waals surface area contributed by atoms with Crippen molar-refractivity contribution in [1.29, 1.82) is 0 Å². The number of nitrogens with zero attached hydrogens (tertiary/aromatic N) is 1. The van der Waals surface area contributed by atoms with Crippen LogP contribution in [0.15, 0.2) is 82.3 Å². The summed E-state index contributed by atoms with van der Waals surface area (Å²) in [4.78, 5) is 16.3. The maximum atomic E-state index is 12.8. The Hall–Kier alpha value is -2.79. The molecule has 0 amide bonds. The summed E-state index contributed by atoms with van der Waals surface area (Å²) in [6.07, 6.45) is 1.66. The fourth-order valence-corrected chi connectivity index (χ4v) is 2.31. The van der Waals surface area contributed by atoms with Crippen molar-refractivity contribution >= 4 is 33.8 Å². The first kappa shape index (κ1) is 17.0. The molecule has 0 N–H and O–H groups in total. The molecule has 0 spiro atoms. The summed E-state index contributed by atoms with van der Waals surface area (Å²) in [6.45, 7) is 0. The van der Waals surface area contributed by atoms with Gasteiger partial charge in [0.05, 0.1) is 11.3 Å². The van der Waals surface area contributed by atoms with E-state index in [0.29, 0.717) is 17.0 Å². The Morgan fingerprint density at radius 3 is 2.20 bits per heavy atom. The van der Waals surface area contributed by atoms with Gasteiger partial charge in [-0.1, -0.05) is 15.9 Å². The number of carbonyl (C=O) groups excluding carboxylic acids is 1. The fourth-order valence-electron chi connectivity index (χ4n) is 2.05. The van der Waals surface area contributed by atoms with Crippen molar-refractivity contribution in [2.24, 2.45) is 4.99 Å². The minimum absolute atomic E-state index is 0.295. The average Bonchev–Trinajstić information content (AvgIpc) is 2.63. The molecular formula is C20H13BrFNO2. The lowest BCUT2D eigenvalue weighted by molar-refractivity contribution is 0.0734. The van der Waals surface area contributed by atoms with Crippen LogP contribution in [0.2, 0.25) is 0 Å². The molecule has 0 saturated heterocycles. The van der Waals surface area contributed by atoms with Crippen molar-refractivity contribution in [2.45, 2.75) is 0 Å². The molecule has 0 radical (unpaired) electrons. The van der Waals surface area contributed by atoms with Crippen molar-refractivity contribution in [1.82, 2.24) is 0 Å². The van der Waals surface area contributed by atoms with Gasteiger partial charge in [-0.05, 0) is 78.4 Å². The van der Waals surface area contributed by atoms with Crippen LogP contribution in [-0.2, 0) is 0 Å². The molecule has 0 aliphatic carbocycles. The highest BCUT2D eigenvalue weighted by atomic mass is 79.9. The molecule has 3 aromatic rings. The smallest absolute Gasteiger partial charge is 0.343 e. The van der Waals surface area contributed by atoms with E-state index in [2.05, 4.69) is 20.9 Å². The van der Waals surface area contributed by atoms with Crippen molar-refractivity contribution in [3.8, 4) is 5.75 Å². The second kappa shape index (κ2) is 7.85. The molecule has 0 heterocycles. The molecule has 3 nitrogen and oxygen atoms in total. The van der Waals surface area contributed by atoms with Gasteiger partial charge >= 0.3 is 5.97 Å². The minimum Gasteiger partial charge on any atom is -0.423 e. The summed E-state index contributed by atoms with van der Waals surface area (Å²) in [6, 6.07) is 19.8. The second-order valence-corrected chi connectivity index (χ2v) is 6.12. The maximum Gasteiger partial charge on any atom is 0.343 e. The van der Waals surface area contributed by atoms with E-state index in [1.165, 1.54) is 12.1 Å². The number of esters is 1. The number of hydrogen-bond acceptors (Lipinski definition) is 3. The standard InChI is InChI=1S/C20H13BrFNO2/c21-16-5-3-15(4-6-16)20(24)25-19-11-1-14(2-12-19)13-23-18-9-7-17(22)8-10-18/h1-13H. The van der Waals surface area contributed by atoms with Gasteiger partial charge < -0.3 is 4.74 Å². The quantitative estimate of drug-likeness (QED) is 0.328. The first-order valence-electron chi connectivity index (χ1n) is 7.47. The Kier molecular flexibility index (Phi) is 5.36.